The first-order valence-electron chi connectivity index (χ1n) is 10.0. The van der Waals surface area contributed by atoms with Crippen molar-refractivity contribution in [1.82, 2.24) is 4.57 Å². The van der Waals surface area contributed by atoms with E-state index in [4.69, 9.17) is 9.15 Å². The summed E-state index contributed by atoms with van der Waals surface area (Å²) in [5.41, 5.74) is 0.980. The molecule has 3 aromatic rings. The molecule has 0 saturated carbocycles. The summed E-state index contributed by atoms with van der Waals surface area (Å²) in [6.07, 6.45) is 1.65. The third kappa shape index (κ3) is 3.91. The van der Waals surface area contributed by atoms with Crippen molar-refractivity contribution >= 4 is 29.3 Å². The maximum absolute atomic E-state index is 13.6. The highest BCUT2D eigenvalue weighted by Gasteiger charge is 2.33. The van der Waals surface area contributed by atoms with Crippen LogP contribution in [0.4, 0.5) is 10.3 Å². The van der Waals surface area contributed by atoms with Crippen molar-refractivity contribution in [3.05, 3.63) is 84.5 Å². The van der Waals surface area contributed by atoms with Crippen molar-refractivity contribution in [3.63, 3.8) is 0 Å². The molecule has 9 heteroatoms. The molecule has 0 bridgehead atoms. The fourth-order valence-electron chi connectivity index (χ4n) is 3.54. The van der Waals surface area contributed by atoms with E-state index in [1.807, 2.05) is 25.1 Å². The zero-order chi connectivity index (χ0) is 23.0. The third-order valence-electron chi connectivity index (χ3n) is 5.03. The van der Waals surface area contributed by atoms with Crippen LogP contribution < -0.4 is 19.8 Å². The second-order valence-corrected chi connectivity index (χ2v) is 8.43. The van der Waals surface area contributed by atoms with Gasteiger partial charge in [0.1, 0.15) is 11.6 Å². The highest BCUT2D eigenvalue weighted by Crippen LogP contribution is 2.30. The van der Waals surface area contributed by atoms with Crippen molar-refractivity contribution in [2.75, 3.05) is 25.6 Å². The van der Waals surface area contributed by atoms with Gasteiger partial charge in [0.2, 0.25) is 0 Å². The van der Waals surface area contributed by atoms with Crippen LogP contribution in [0.25, 0.3) is 6.08 Å². The molecule has 1 aromatic carbocycles. The molecule has 166 valence electrons. The molecular formula is C23H22FN3O4S. The number of ether oxygens (including phenoxy) is 1. The average molecular weight is 456 g/mol. The van der Waals surface area contributed by atoms with Gasteiger partial charge in [-0.1, -0.05) is 23.5 Å². The molecule has 1 aliphatic heterocycles. The predicted octanol–water partition coefficient (Wildman–Crippen LogP) is 2.60. The highest BCUT2D eigenvalue weighted by atomic mass is 32.1. The van der Waals surface area contributed by atoms with Crippen LogP contribution in [0.15, 0.2) is 61.9 Å². The molecular weight excluding hydrogens is 433 g/mol. The number of halogens is 1. The Morgan fingerprint density at radius 2 is 2.00 bits per heavy atom. The minimum atomic E-state index is -0.776. The monoisotopic (exact) mass is 455 g/mol. The van der Waals surface area contributed by atoms with Gasteiger partial charge in [-0.2, -0.15) is 0 Å². The maximum atomic E-state index is 13.6. The molecule has 1 atom stereocenters. The number of thiazole rings is 1. The Morgan fingerprint density at radius 1 is 1.28 bits per heavy atom. The van der Waals surface area contributed by atoms with Gasteiger partial charge >= 0.3 is 5.97 Å². The lowest BCUT2D eigenvalue weighted by atomic mass is 9.96. The number of anilines is 1. The summed E-state index contributed by atoms with van der Waals surface area (Å²) in [6, 6.07) is 8.54. The lowest BCUT2D eigenvalue weighted by molar-refractivity contribution is -0.139. The van der Waals surface area contributed by atoms with Crippen molar-refractivity contribution in [1.29, 1.82) is 0 Å². The zero-order valence-electron chi connectivity index (χ0n) is 18.1. The molecule has 0 fully saturated rings. The summed E-state index contributed by atoms with van der Waals surface area (Å²) in [7, 11) is 3.72. The number of hydrogen-bond donors (Lipinski definition) is 0. The number of furan rings is 1. The second kappa shape index (κ2) is 8.58. The van der Waals surface area contributed by atoms with Gasteiger partial charge in [0.25, 0.3) is 5.56 Å². The number of aromatic nitrogens is 1. The Kier molecular flexibility index (Phi) is 5.84. The summed E-state index contributed by atoms with van der Waals surface area (Å²) in [5.74, 6) is 0.223. The van der Waals surface area contributed by atoms with E-state index < -0.39 is 17.8 Å². The van der Waals surface area contributed by atoms with Crippen LogP contribution in [0.3, 0.4) is 0 Å². The Balaban J connectivity index is 1.92. The van der Waals surface area contributed by atoms with Gasteiger partial charge in [0, 0.05) is 26.2 Å². The number of carbonyl (C=O) groups is 1. The number of esters is 1. The minimum Gasteiger partial charge on any atom is -0.463 e. The lowest BCUT2D eigenvalue weighted by Gasteiger charge is -2.24. The Bertz CT molecular complexity index is 1380. The van der Waals surface area contributed by atoms with E-state index in [1.165, 1.54) is 28.0 Å². The number of allylic oxidation sites excluding steroid dienone is 1. The zero-order valence-corrected chi connectivity index (χ0v) is 18.9. The van der Waals surface area contributed by atoms with Crippen molar-refractivity contribution in [2.24, 2.45) is 4.99 Å². The molecule has 7 nitrogen and oxygen atoms in total. The van der Waals surface area contributed by atoms with Gasteiger partial charge in [0.05, 0.1) is 28.5 Å². The smallest absolute Gasteiger partial charge is 0.338 e. The summed E-state index contributed by atoms with van der Waals surface area (Å²) < 4.78 is 26.4. The number of hydrogen-bond acceptors (Lipinski definition) is 7. The van der Waals surface area contributed by atoms with Crippen LogP contribution in [0.1, 0.15) is 31.2 Å². The van der Waals surface area contributed by atoms with Crippen molar-refractivity contribution in [3.8, 4) is 0 Å². The fraction of sp³-hybridized carbons (Fsp3) is 0.261. The van der Waals surface area contributed by atoms with Gasteiger partial charge in [-0.25, -0.2) is 14.2 Å². The molecule has 0 saturated heterocycles. The van der Waals surface area contributed by atoms with Crippen LogP contribution >= 0.6 is 11.3 Å². The van der Waals surface area contributed by atoms with Gasteiger partial charge in [-0.15, -0.1) is 0 Å². The number of carbonyl (C=O) groups excluding carboxylic acids is 1. The number of benzene rings is 1. The summed E-state index contributed by atoms with van der Waals surface area (Å²) in [5, 5.41) is 0. The average Bonchev–Trinajstić information content (AvgIpc) is 3.33. The fourth-order valence-corrected chi connectivity index (χ4v) is 4.57. The Hall–Kier alpha value is -3.46. The molecule has 0 spiro atoms. The molecule has 3 heterocycles. The molecule has 2 aromatic heterocycles. The molecule has 32 heavy (non-hydrogen) atoms. The highest BCUT2D eigenvalue weighted by molar-refractivity contribution is 7.07. The number of nitrogens with zero attached hydrogens (tertiary/aromatic N) is 3. The van der Waals surface area contributed by atoms with Crippen molar-refractivity contribution in [2.45, 2.75) is 19.9 Å². The topological polar surface area (TPSA) is 77.0 Å². The summed E-state index contributed by atoms with van der Waals surface area (Å²) in [6.45, 7) is 3.60. The summed E-state index contributed by atoms with van der Waals surface area (Å²) in [4.78, 5) is 33.0. The van der Waals surface area contributed by atoms with Gasteiger partial charge in [-0.3, -0.25) is 9.36 Å². The van der Waals surface area contributed by atoms with E-state index >= 15 is 0 Å². The van der Waals surface area contributed by atoms with Gasteiger partial charge in [0.15, 0.2) is 10.7 Å². The van der Waals surface area contributed by atoms with Crippen LogP contribution in [0.5, 0.6) is 0 Å². The summed E-state index contributed by atoms with van der Waals surface area (Å²) >= 11 is 1.20. The van der Waals surface area contributed by atoms with Crippen LogP contribution in [-0.2, 0) is 9.53 Å². The van der Waals surface area contributed by atoms with E-state index in [0.29, 0.717) is 32.2 Å². The number of fused-ring (bicyclic) bond motifs is 1. The van der Waals surface area contributed by atoms with E-state index in [-0.39, 0.29) is 17.7 Å². The van der Waals surface area contributed by atoms with Gasteiger partial charge in [-0.05, 0) is 37.6 Å². The SMILES string of the molecule is CCOC(=O)C1=C(C)N=c2s/c(=C\c3ccc(N(C)C)o3)c(=O)n2C1c1ccc(F)cc1. The standard InChI is InChI=1S/C23H22FN3O4S/c1-5-30-22(29)19-13(2)25-23-27(20(19)14-6-8-15(24)9-7-14)21(28)17(32-23)12-16-10-11-18(31-16)26(3)4/h6-12,20H,5H2,1-4H3/b17-12-. The predicted molar refractivity (Wildman–Crippen MR) is 120 cm³/mol. The Morgan fingerprint density at radius 3 is 2.62 bits per heavy atom. The first-order valence-corrected chi connectivity index (χ1v) is 10.8. The first-order chi connectivity index (χ1) is 15.3. The molecule has 1 unspecified atom stereocenters. The van der Waals surface area contributed by atoms with Gasteiger partial charge < -0.3 is 14.1 Å². The quantitative estimate of drug-likeness (QED) is 0.553. The molecule has 0 radical (unpaired) electrons. The Labute approximate surface area is 187 Å². The van der Waals surface area contributed by atoms with Crippen LogP contribution in [0.2, 0.25) is 0 Å². The second-order valence-electron chi connectivity index (χ2n) is 7.42. The molecule has 0 aliphatic carbocycles. The largest absolute Gasteiger partial charge is 0.463 e. The minimum absolute atomic E-state index is 0.183. The molecule has 4 rings (SSSR count). The molecule has 1 aliphatic rings. The molecule has 0 amide bonds. The maximum Gasteiger partial charge on any atom is 0.338 e. The third-order valence-corrected chi connectivity index (χ3v) is 6.01. The van der Waals surface area contributed by atoms with Crippen LogP contribution in [-0.4, -0.2) is 31.2 Å². The van der Waals surface area contributed by atoms with E-state index in [0.717, 1.165) is 0 Å². The first kappa shape index (κ1) is 21.8. The van der Waals surface area contributed by atoms with Crippen LogP contribution in [0, 0.1) is 5.82 Å². The lowest BCUT2D eigenvalue weighted by Crippen LogP contribution is -2.39. The van der Waals surface area contributed by atoms with Crippen molar-refractivity contribution < 1.29 is 18.3 Å². The van der Waals surface area contributed by atoms with E-state index in [1.54, 1.807) is 38.1 Å². The van der Waals surface area contributed by atoms with E-state index in [9.17, 15) is 14.0 Å². The normalized spacial score (nSPS) is 16.0. The van der Waals surface area contributed by atoms with E-state index in [2.05, 4.69) is 4.99 Å². The molecule has 0 N–H and O–H groups in total. The number of rotatable bonds is 5.